The molecule has 1 saturated carbocycles. The summed E-state index contributed by atoms with van der Waals surface area (Å²) in [7, 11) is 1.48. The van der Waals surface area contributed by atoms with Crippen LogP contribution in [0.2, 0.25) is 0 Å². The number of carbonyl (C=O) groups excluding carboxylic acids is 2. The molecule has 1 rings (SSSR count). The monoisotopic (exact) mass is 184 g/mol. The third-order valence-electron chi connectivity index (χ3n) is 2.72. The lowest BCUT2D eigenvalue weighted by atomic mass is 9.80. The van der Waals surface area contributed by atoms with Crippen LogP contribution in [-0.2, 0) is 14.3 Å². The zero-order valence-electron chi connectivity index (χ0n) is 8.21. The van der Waals surface area contributed by atoms with Crippen LogP contribution in [0, 0.1) is 5.92 Å². The summed E-state index contributed by atoms with van der Waals surface area (Å²) < 4.78 is 4.84. The molecular formula is C10H16O3. The summed E-state index contributed by atoms with van der Waals surface area (Å²) in [5, 5.41) is 0. The number of methoxy groups -OCH3 is 1. The standard InChI is InChI=1S/C10H16O3/c1-7(13-2)9(11)6-10(12)8-4-3-5-8/h7-8H,3-6H2,1-2H3. The van der Waals surface area contributed by atoms with Gasteiger partial charge in [-0.05, 0) is 19.8 Å². The minimum absolute atomic E-state index is 0.0552. The summed E-state index contributed by atoms with van der Waals surface area (Å²) in [4.78, 5) is 22.7. The first kappa shape index (κ1) is 10.4. The van der Waals surface area contributed by atoms with E-state index in [0.717, 1.165) is 19.3 Å². The Morgan fingerprint density at radius 3 is 2.46 bits per heavy atom. The first-order valence-electron chi connectivity index (χ1n) is 4.73. The van der Waals surface area contributed by atoms with E-state index in [-0.39, 0.29) is 23.9 Å². The third kappa shape index (κ3) is 2.62. The Morgan fingerprint density at radius 2 is 2.08 bits per heavy atom. The number of hydrogen-bond acceptors (Lipinski definition) is 3. The van der Waals surface area contributed by atoms with Gasteiger partial charge in [-0.1, -0.05) is 6.42 Å². The second-order valence-corrected chi connectivity index (χ2v) is 3.62. The maximum atomic E-state index is 11.4. The average Bonchev–Trinajstić information content (AvgIpc) is 1.99. The van der Waals surface area contributed by atoms with Gasteiger partial charge in [0.2, 0.25) is 0 Å². The molecule has 0 heterocycles. The molecule has 1 aliphatic rings. The van der Waals surface area contributed by atoms with E-state index in [0.29, 0.717) is 0 Å². The quantitative estimate of drug-likeness (QED) is 0.606. The molecule has 1 unspecified atom stereocenters. The van der Waals surface area contributed by atoms with Crippen molar-refractivity contribution in [3.8, 4) is 0 Å². The van der Waals surface area contributed by atoms with Crippen LogP contribution in [0.5, 0.6) is 0 Å². The van der Waals surface area contributed by atoms with Gasteiger partial charge in [-0.2, -0.15) is 0 Å². The summed E-state index contributed by atoms with van der Waals surface area (Å²) in [5.74, 6) is 0.160. The minimum Gasteiger partial charge on any atom is -0.374 e. The molecule has 3 heteroatoms. The Kier molecular flexibility index (Phi) is 3.60. The van der Waals surface area contributed by atoms with Gasteiger partial charge in [0.25, 0.3) is 0 Å². The van der Waals surface area contributed by atoms with Crippen molar-refractivity contribution < 1.29 is 14.3 Å². The van der Waals surface area contributed by atoms with E-state index in [1.807, 2.05) is 0 Å². The van der Waals surface area contributed by atoms with E-state index in [2.05, 4.69) is 0 Å². The molecule has 0 amide bonds. The molecule has 0 saturated heterocycles. The number of rotatable bonds is 5. The molecule has 13 heavy (non-hydrogen) atoms. The lowest BCUT2D eigenvalue weighted by Gasteiger charge is -2.23. The minimum atomic E-state index is -0.441. The maximum absolute atomic E-state index is 11.4. The SMILES string of the molecule is COC(C)C(=O)CC(=O)C1CCC1. The molecule has 3 nitrogen and oxygen atoms in total. The highest BCUT2D eigenvalue weighted by Crippen LogP contribution is 2.28. The molecule has 0 bridgehead atoms. The summed E-state index contributed by atoms with van der Waals surface area (Å²) in [5.41, 5.74) is 0. The molecule has 0 aromatic heterocycles. The average molecular weight is 184 g/mol. The van der Waals surface area contributed by atoms with Gasteiger partial charge in [0.05, 0.1) is 6.42 Å². The van der Waals surface area contributed by atoms with E-state index >= 15 is 0 Å². The van der Waals surface area contributed by atoms with Gasteiger partial charge in [-0.15, -0.1) is 0 Å². The number of carbonyl (C=O) groups is 2. The highest BCUT2D eigenvalue weighted by Gasteiger charge is 2.27. The van der Waals surface area contributed by atoms with E-state index in [9.17, 15) is 9.59 Å². The van der Waals surface area contributed by atoms with Crippen molar-refractivity contribution in [2.45, 2.75) is 38.7 Å². The fourth-order valence-electron chi connectivity index (χ4n) is 1.32. The normalized spacial score (nSPS) is 19.2. The van der Waals surface area contributed by atoms with Gasteiger partial charge < -0.3 is 4.74 Å². The molecule has 0 N–H and O–H groups in total. The van der Waals surface area contributed by atoms with Gasteiger partial charge >= 0.3 is 0 Å². The van der Waals surface area contributed by atoms with E-state index in [4.69, 9.17) is 4.74 Å². The number of hydrogen-bond donors (Lipinski definition) is 0. The number of ether oxygens (including phenoxy) is 1. The first-order valence-corrected chi connectivity index (χ1v) is 4.73. The molecule has 0 aliphatic heterocycles. The van der Waals surface area contributed by atoms with Gasteiger partial charge in [-0.3, -0.25) is 9.59 Å². The molecule has 0 radical (unpaired) electrons. The van der Waals surface area contributed by atoms with Crippen molar-refractivity contribution >= 4 is 11.6 Å². The largest absolute Gasteiger partial charge is 0.374 e. The first-order chi connectivity index (χ1) is 6.15. The van der Waals surface area contributed by atoms with Crippen LogP contribution in [0.15, 0.2) is 0 Å². The summed E-state index contributed by atoms with van der Waals surface area (Å²) in [6, 6.07) is 0. The van der Waals surface area contributed by atoms with E-state index in [1.54, 1.807) is 6.92 Å². The van der Waals surface area contributed by atoms with Gasteiger partial charge in [0, 0.05) is 13.0 Å². The Hall–Kier alpha value is -0.700. The van der Waals surface area contributed by atoms with Crippen LogP contribution in [0.3, 0.4) is 0 Å². The molecule has 74 valence electrons. The van der Waals surface area contributed by atoms with E-state index in [1.165, 1.54) is 7.11 Å². The zero-order valence-corrected chi connectivity index (χ0v) is 8.21. The highest BCUT2D eigenvalue weighted by molar-refractivity contribution is 6.02. The Balaban J connectivity index is 2.30. The second-order valence-electron chi connectivity index (χ2n) is 3.62. The fraction of sp³-hybridized carbons (Fsp3) is 0.800. The Morgan fingerprint density at radius 1 is 1.46 bits per heavy atom. The molecule has 1 atom stereocenters. The predicted molar refractivity (Wildman–Crippen MR) is 48.4 cm³/mol. The molecule has 0 aromatic rings. The van der Waals surface area contributed by atoms with Gasteiger partial charge in [0.15, 0.2) is 5.78 Å². The van der Waals surface area contributed by atoms with Crippen molar-refractivity contribution in [2.75, 3.05) is 7.11 Å². The van der Waals surface area contributed by atoms with Gasteiger partial charge in [-0.25, -0.2) is 0 Å². The van der Waals surface area contributed by atoms with Crippen molar-refractivity contribution in [3.05, 3.63) is 0 Å². The Bertz CT molecular complexity index is 191. The van der Waals surface area contributed by atoms with E-state index < -0.39 is 6.10 Å². The highest BCUT2D eigenvalue weighted by atomic mass is 16.5. The van der Waals surface area contributed by atoms with Crippen LogP contribution >= 0.6 is 0 Å². The lowest BCUT2D eigenvalue weighted by molar-refractivity contribution is -0.135. The lowest BCUT2D eigenvalue weighted by Crippen LogP contribution is -2.28. The van der Waals surface area contributed by atoms with Crippen molar-refractivity contribution in [2.24, 2.45) is 5.92 Å². The predicted octanol–water partition coefficient (Wildman–Crippen LogP) is 1.35. The zero-order chi connectivity index (χ0) is 9.84. The van der Waals surface area contributed by atoms with Gasteiger partial charge in [0.1, 0.15) is 11.9 Å². The number of Topliss-reactive ketones (excluding diaryl/α,β-unsaturated/α-hetero) is 2. The molecule has 1 fully saturated rings. The van der Waals surface area contributed by atoms with Crippen LogP contribution in [-0.4, -0.2) is 24.8 Å². The van der Waals surface area contributed by atoms with Crippen LogP contribution in [0.1, 0.15) is 32.6 Å². The van der Waals surface area contributed by atoms with Crippen molar-refractivity contribution in [1.82, 2.24) is 0 Å². The molecule has 1 aliphatic carbocycles. The van der Waals surface area contributed by atoms with Crippen LogP contribution in [0.4, 0.5) is 0 Å². The number of ketones is 2. The fourth-order valence-corrected chi connectivity index (χ4v) is 1.32. The summed E-state index contributed by atoms with van der Waals surface area (Å²) >= 11 is 0. The Labute approximate surface area is 78.5 Å². The van der Waals surface area contributed by atoms with Crippen molar-refractivity contribution in [3.63, 3.8) is 0 Å². The molecule has 0 spiro atoms. The molecular weight excluding hydrogens is 168 g/mol. The van der Waals surface area contributed by atoms with Crippen LogP contribution in [0.25, 0.3) is 0 Å². The second kappa shape index (κ2) is 4.51. The topological polar surface area (TPSA) is 43.4 Å². The smallest absolute Gasteiger partial charge is 0.168 e. The molecule has 0 aromatic carbocycles. The van der Waals surface area contributed by atoms with Crippen molar-refractivity contribution in [1.29, 1.82) is 0 Å². The third-order valence-corrected chi connectivity index (χ3v) is 2.72. The summed E-state index contributed by atoms with van der Waals surface area (Å²) in [6.07, 6.45) is 2.68. The summed E-state index contributed by atoms with van der Waals surface area (Å²) in [6.45, 7) is 1.68. The van der Waals surface area contributed by atoms with Crippen LogP contribution < -0.4 is 0 Å². The maximum Gasteiger partial charge on any atom is 0.168 e.